The van der Waals surface area contributed by atoms with Gasteiger partial charge < -0.3 is 9.80 Å². The predicted molar refractivity (Wildman–Crippen MR) is 127 cm³/mol. The number of hydrogen-bond donors (Lipinski definition) is 0. The van der Waals surface area contributed by atoms with E-state index in [4.69, 9.17) is 4.98 Å². The van der Waals surface area contributed by atoms with Gasteiger partial charge in [-0.1, -0.05) is 26.8 Å². The minimum Gasteiger partial charge on any atom is -0.347 e. The van der Waals surface area contributed by atoms with Crippen molar-refractivity contribution < 1.29 is 17.6 Å². The van der Waals surface area contributed by atoms with Gasteiger partial charge in [-0.15, -0.1) is 0 Å². The summed E-state index contributed by atoms with van der Waals surface area (Å²) in [6.45, 7) is 8.66. The molecule has 3 heterocycles. The lowest BCUT2D eigenvalue weighted by molar-refractivity contribution is -0.133. The Kier molecular flexibility index (Phi) is 6.52. The monoisotopic (exact) mass is 494 g/mol. The third-order valence-corrected chi connectivity index (χ3v) is 8.42. The Morgan fingerprint density at radius 2 is 1.85 bits per heavy atom. The summed E-state index contributed by atoms with van der Waals surface area (Å²) in [4.78, 5) is 22.0. The molecule has 2 aliphatic rings. The molecule has 180 valence electrons. The Bertz CT molecular complexity index is 1130. The minimum atomic E-state index is -3.46. The van der Waals surface area contributed by atoms with Gasteiger partial charge in [-0.05, 0) is 43.4 Å². The van der Waals surface area contributed by atoms with Crippen LogP contribution in [-0.4, -0.2) is 60.5 Å². The summed E-state index contributed by atoms with van der Waals surface area (Å²) in [5.41, 5.74) is 0.317. The van der Waals surface area contributed by atoms with Crippen molar-refractivity contribution in [3.05, 3.63) is 35.4 Å². The number of rotatable bonds is 5. The average molecular weight is 495 g/mol. The van der Waals surface area contributed by atoms with Gasteiger partial charge in [0.1, 0.15) is 11.6 Å². The average Bonchev–Trinajstić information content (AvgIpc) is 3.37. The number of benzene rings is 1. The van der Waals surface area contributed by atoms with Crippen LogP contribution in [0.2, 0.25) is 0 Å². The first-order valence-corrected chi connectivity index (χ1v) is 14.0. The number of likely N-dealkylation sites (tertiary alicyclic amines) is 1. The van der Waals surface area contributed by atoms with Gasteiger partial charge in [0.15, 0.2) is 9.84 Å². The Hall–Kier alpha value is -2.07. The molecule has 2 aliphatic heterocycles. The van der Waals surface area contributed by atoms with Gasteiger partial charge in [0.05, 0.1) is 4.90 Å². The number of nitrogens with zero attached hydrogens (tertiary/aromatic N) is 4. The van der Waals surface area contributed by atoms with Gasteiger partial charge in [-0.3, -0.25) is 4.79 Å². The van der Waals surface area contributed by atoms with Crippen molar-refractivity contribution in [1.82, 2.24) is 14.3 Å². The van der Waals surface area contributed by atoms with Gasteiger partial charge in [-0.2, -0.15) is 4.37 Å². The van der Waals surface area contributed by atoms with Crippen molar-refractivity contribution in [3.8, 4) is 0 Å². The molecule has 2 aromatic rings. The lowest BCUT2D eigenvalue weighted by Crippen LogP contribution is -2.46. The van der Waals surface area contributed by atoms with E-state index in [0.717, 1.165) is 49.2 Å². The first-order valence-electron chi connectivity index (χ1n) is 11.3. The topological polar surface area (TPSA) is 83.5 Å². The fourth-order valence-corrected chi connectivity index (χ4v) is 6.06. The molecular formula is C23H31FN4O3S2. The van der Waals surface area contributed by atoms with E-state index >= 15 is 0 Å². The molecule has 4 rings (SSSR count). The van der Waals surface area contributed by atoms with Gasteiger partial charge in [0.2, 0.25) is 11.0 Å². The van der Waals surface area contributed by atoms with Gasteiger partial charge in [-0.25, -0.2) is 17.8 Å². The van der Waals surface area contributed by atoms with Crippen molar-refractivity contribution in [1.29, 1.82) is 0 Å². The summed E-state index contributed by atoms with van der Waals surface area (Å²) < 4.78 is 42.3. The Labute approximate surface area is 199 Å². The van der Waals surface area contributed by atoms with Crippen LogP contribution in [0.15, 0.2) is 23.1 Å². The van der Waals surface area contributed by atoms with E-state index in [0.29, 0.717) is 24.9 Å². The molecule has 1 aromatic heterocycles. The quantitative estimate of drug-likeness (QED) is 0.633. The number of carbonyl (C=O) groups is 1. The first kappa shape index (κ1) is 24.1. The van der Waals surface area contributed by atoms with Crippen LogP contribution >= 0.6 is 11.5 Å². The molecule has 0 aliphatic carbocycles. The summed E-state index contributed by atoms with van der Waals surface area (Å²) in [7, 11) is -3.46. The lowest BCUT2D eigenvalue weighted by Gasteiger charge is -2.36. The van der Waals surface area contributed by atoms with Crippen molar-refractivity contribution in [2.75, 3.05) is 30.8 Å². The zero-order chi connectivity index (χ0) is 24.0. The van der Waals surface area contributed by atoms with E-state index in [-0.39, 0.29) is 28.2 Å². The largest absolute Gasteiger partial charge is 0.347 e. The maximum Gasteiger partial charge on any atom is 0.226 e. The number of amides is 1. The zero-order valence-electron chi connectivity index (χ0n) is 19.5. The lowest BCUT2D eigenvalue weighted by atomic mass is 9.96. The number of carbonyl (C=O) groups excluding carboxylic acids is 1. The van der Waals surface area contributed by atoms with Crippen molar-refractivity contribution >= 4 is 32.4 Å². The number of anilines is 1. The zero-order valence-corrected chi connectivity index (χ0v) is 21.2. The van der Waals surface area contributed by atoms with Crippen molar-refractivity contribution in [2.24, 2.45) is 5.92 Å². The maximum atomic E-state index is 14.5. The standard InChI is InChI=1S/C23H31FN4O3S2/c1-23(2,3)21-25-22(32-26-21)27-10-8-17(9-11-27)28-12-7-16(20(28)29)13-15-5-6-18(14-19(15)24)33(4,30)31/h5-6,14,16-17H,7-13H2,1-4H3/t16-/m1/s1. The first-order chi connectivity index (χ1) is 15.4. The van der Waals surface area contributed by atoms with Crippen LogP contribution in [0.1, 0.15) is 51.4 Å². The molecule has 0 saturated carbocycles. The number of piperidine rings is 1. The number of hydrogen-bond acceptors (Lipinski definition) is 7. The fraction of sp³-hybridized carbons (Fsp3) is 0.609. The molecule has 33 heavy (non-hydrogen) atoms. The Morgan fingerprint density at radius 1 is 1.15 bits per heavy atom. The van der Waals surface area contributed by atoms with E-state index in [2.05, 4.69) is 30.0 Å². The third kappa shape index (κ3) is 5.21. The second-order valence-electron chi connectivity index (χ2n) is 10.1. The predicted octanol–water partition coefficient (Wildman–Crippen LogP) is 3.44. The summed E-state index contributed by atoms with van der Waals surface area (Å²) in [6.07, 6.45) is 3.79. The number of aromatic nitrogens is 2. The summed E-state index contributed by atoms with van der Waals surface area (Å²) in [5, 5.41) is 0.942. The second-order valence-corrected chi connectivity index (χ2v) is 12.9. The van der Waals surface area contributed by atoms with Gasteiger partial charge in [0, 0.05) is 54.8 Å². The highest BCUT2D eigenvalue weighted by Crippen LogP contribution is 2.32. The van der Waals surface area contributed by atoms with E-state index in [1.54, 1.807) is 0 Å². The normalized spacial score (nSPS) is 20.6. The molecule has 10 heteroatoms. The fourth-order valence-electron chi connectivity index (χ4n) is 4.52. The summed E-state index contributed by atoms with van der Waals surface area (Å²) in [5.74, 6) is 0.105. The summed E-state index contributed by atoms with van der Waals surface area (Å²) in [6, 6.07) is 4.15. The molecule has 0 radical (unpaired) electrons. The second kappa shape index (κ2) is 8.94. The Balaban J connectivity index is 1.35. The molecule has 0 N–H and O–H groups in total. The van der Waals surface area contributed by atoms with Crippen molar-refractivity contribution in [2.45, 2.75) is 62.8 Å². The van der Waals surface area contributed by atoms with Crippen LogP contribution in [0.5, 0.6) is 0 Å². The highest BCUT2D eigenvalue weighted by atomic mass is 32.2. The summed E-state index contributed by atoms with van der Waals surface area (Å²) >= 11 is 1.43. The molecule has 0 unspecified atom stereocenters. The highest BCUT2D eigenvalue weighted by molar-refractivity contribution is 7.90. The van der Waals surface area contributed by atoms with Crippen LogP contribution < -0.4 is 4.90 Å². The molecule has 2 saturated heterocycles. The molecule has 1 amide bonds. The van der Waals surface area contributed by atoms with Crippen LogP contribution in [0.25, 0.3) is 0 Å². The van der Waals surface area contributed by atoms with Gasteiger partial charge >= 0.3 is 0 Å². The molecule has 0 spiro atoms. The highest BCUT2D eigenvalue weighted by Gasteiger charge is 2.38. The van der Waals surface area contributed by atoms with Crippen LogP contribution in [0.3, 0.4) is 0 Å². The van der Waals surface area contributed by atoms with Crippen LogP contribution in [0.4, 0.5) is 9.52 Å². The molecule has 0 bridgehead atoms. The van der Waals surface area contributed by atoms with E-state index < -0.39 is 15.7 Å². The molecule has 1 atom stereocenters. The minimum absolute atomic E-state index is 0.0417. The van der Waals surface area contributed by atoms with E-state index in [1.165, 1.54) is 23.7 Å². The molecule has 2 fully saturated rings. The van der Waals surface area contributed by atoms with Crippen molar-refractivity contribution in [3.63, 3.8) is 0 Å². The van der Waals surface area contributed by atoms with Crippen LogP contribution in [0, 0.1) is 11.7 Å². The molecule has 1 aromatic carbocycles. The van der Waals surface area contributed by atoms with E-state index in [9.17, 15) is 17.6 Å². The van der Waals surface area contributed by atoms with Crippen LogP contribution in [-0.2, 0) is 26.5 Å². The number of halogens is 1. The maximum absolute atomic E-state index is 14.5. The van der Waals surface area contributed by atoms with E-state index in [1.807, 2.05) is 4.90 Å². The van der Waals surface area contributed by atoms with Gasteiger partial charge in [0.25, 0.3) is 0 Å². The SMILES string of the molecule is CC(C)(C)c1nsc(N2CCC(N3CC[C@H](Cc4ccc(S(C)(=O)=O)cc4F)C3=O)CC2)n1. The molecule has 7 nitrogen and oxygen atoms in total. The molecular weight excluding hydrogens is 463 g/mol. The third-order valence-electron chi connectivity index (χ3n) is 6.53. The number of sulfone groups is 1. The smallest absolute Gasteiger partial charge is 0.226 e. The Morgan fingerprint density at radius 3 is 2.42 bits per heavy atom.